The van der Waals surface area contributed by atoms with Gasteiger partial charge in [-0.25, -0.2) is 0 Å². The summed E-state index contributed by atoms with van der Waals surface area (Å²) in [5, 5.41) is 0. The molecular formula is C10H21N3. The lowest BCUT2D eigenvalue weighted by molar-refractivity contribution is 0.130. The van der Waals surface area contributed by atoms with E-state index in [1.807, 2.05) is 0 Å². The molecule has 3 heteroatoms. The van der Waals surface area contributed by atoms with Crippen molar-refractivity contribution >= 4 is 5.96 Å². The largest absolute Gasteiger partial charge is 0.370 e. The maximum atomic E-state index is 5.87. The minimum Gasteiger partial charge on any atom is -0.370 e. The summed E-state index contributed by atoms with van der Waals surface area (Å²) >= 11 is 0. The summed E-state index contributed by atoms with van der Waals surface area (Å²) < 4.78 is 0. The molecule has 0 saturated heterocycles. The maximum absolute atomic E-state index is 5.87. The lowest BCUT2D eigenvalue weighted by Gasteiger charge is -2.42. The second kappa shape index (κ2) is 3.20. The lowest BCUT2D eigenvalue weighted by atomic mass is 9.87. The molecule has 1 aliphatic heterocycles. The van der Waals surface area contributed by atoms with Gasteiger partial charge in [0.1, 0.15) is 0 Å². The van der Waals surface area contributed by atoms with Gasteiger partial charge in [-0.1, -0.05) is 13.8 Å². The fourth-order valence-electron chi connectivity index (χ4n) is 1.97. The highest BCUT2D eigenvalue weighted by Crippen LogP contribution is 2.30. The van der Waals surface area contributed by atoms with E-state index < -0.39 is 0 Å². The molecule has 13 heavy (non-hydrogen) atoms. The zero-order valence-corrected chi connectivity index (χ0v) is 9.33. The van der Waals surface area contributed by atoms with Gasteiger partial charge in [-0.05, 0) is 26.7 Å². The van der Waals surface area contributed by atoms with E-state index in [2.05, 4.69) is 44.5 Å². The fraction of sp³-hybridized carbons (Fsp3) is 0.900. The number of hydrogen-bond acceptors (Lipinski definition) is 3. The molecule has 0 aromatic carbocycles. The molecule has 0 aliphatic carbocycles. The Hall–Kier alpha value is -0.730. The molecule has 0 fully saturated rings. The highest BCUT2D eigenvalue weighted by atomic mass is 15.4. The summed E-state index contributed by atoms with van der Waals surface area (Å²) in [6, 6.07) is 0.429. The Morgan fingerprint density at radius 3 is 2.23 bits per heavy atom. The molecule has 3 nitrogen and oxygen atoms in total. The van der Waals surface area contributed by atoms with Crippen molar-refractivity contribution in [2.75, 3.05) is 6.54 Å². The average molecular weight is 183 g/mol. The predicted octanol–water partition coefficient (Wildman–Crippen LogP) is 1.44. The van der Waals surface area contributed by atoms with Gasteiger partial charge in [0.25, 0.3) is 0 Å². The molecule has 76 valence electrons. The molecule has 1 aliphatic rings. The monoisotopic (exact) mass is 183 g/mol. The quantitative estimate of drug-likeness (QED) is 0.704. The first-order valence-corrected chi connectivity index (χ1v) is 4.99. The van der Waals surface area contributed by atoms with Crippen molar-refractivity contribution in [3.63, 3.8) is 0 Å². The van der Waals surface area contributed by atoms with Crippen LogP contribution in [-0.2, 0) is 0 Å². The van der Waals surface area contributed by atoms with Crippen molar-refractivity contribution in [1.29, 1.82) is 0 Å². The van der Waals surface area contributed by atoms with Gasteiger partial charge >= 0.3 is 0 Å². The Kier molecular flexibility index (Phi) is 2.55. The molecule has 0 spiro atoms. The van der Waals surface area contributed by atoms with Gasteiger partial charge in [0.05, 0.1) is 12.1 Å². The minimum absolute atomic E-state index is 0.109. The molecule has 1 unspecified atom stereocenters. The Balaban J connectivity index is 2.92. The second-order valence-corrected chi connectivity index (χ2v) is 4.65. The van der Waals surface area contributed by atoms with E-state index in [1.165, 1.54) is 0 Å². The van der Waals surface area contributed by atoms with E-state index >= 15 is 0 Å². The molecule has 0 aromatic heterocycles. The van der Waals surface area contributed by atoms with Crippen LogP contribution in [0, 0.1) is 5.92 Å². The van der Waals surface area contributed by atoms with Crippen LogP contribution in [-0.4, -0.2) is 29.0 Å². The van der Waals surface area contributed by atoms with E-state index in [4.69, 9.17) is 5.73 Å². The summed E-state index contributed by atoms with van der Waals surface area (Å²) in [6.45, 7) is 11.8. The van der Waals surface area contributed by atoms with Crippen LogP contribution in [0.5, 0.6) is 0 Å². The number of aliphatic imine (C=N–C) groups is 1. The standard InChI is InChI=1S/C10H21N3/c1-7(2)10(5)6-12-9(11)13(10)8(3)4/h7-8H,6H2,1-5H3,(H2,11,12). The van der Waals surface area contributed by atoms with E-state index in [1.54, 1.807) is 0 Å². The van der Waals surface area contributed by atoms with Crippen LogP contribution in [0.15, 0.2) is 4.99 Å². The summed E-state index contributed by atoms with van der Waals surface area (Å²) in [5.41, 5.74) is 5.98. The minimum atomic E-state index is 0.109. The van der Waals surface area contributed by atoms with Gasteiger partial charge in [0, 0.05) is 6.04 Å². The topological polar surface area (TPSA) is 41.6 Å². The van der Waals surface area contributed by atoms with Crippen molar-refractivity contribution in [3.05, 3.63) is 0 Å². The summed E-state index contributed by atoms with van der Waals surface area (Å²) in [7, 11) is 0. The lowest BCUT2D eigenvalue weighted by Crippen LogP contribution is -2.55. The fourth-order valence-corrected chi connectivity index (χ4v) is 1.97. The van der Waals surface area contributed by atoms with Crippen molar-refractivity contribution in [2.24, 2.45) is 16.6 Å². The summed E-state index contributed by atoms with van der Waals surface area (Å²) in [5.74, 6) is 1.27. The van der Waals surface area contributed by atoms with Gasteiger partial charge in [-0.15, -0.1) is 0 Å². The van der Waals surface area contributed by atoms with Crippen LogP contribution >= 0.6 is 0 Å². The van der Waals surface area contributed by atoms with Crippen LogP contribution in [0.4, 0.5) is 0 Å². The Morgan fingerprint density at radius 2 is 1.92 bits per heavy atom. The number of guanidine groups is 1. The second-order valence-electron chi connectivity index (χ2n) is 4.65. The van der Waals surface area contributed by atoms with Crippen molar-refractivity contribution in [2.45, 2.75) is 46.2 Å². The first-order chi connectivity index (χ1) is 5.89. The zero-order chi connectivity index (χ0) is 10.2. The highest BCUT2D eigenvalue weighted by molar-refractivity contribution is 5.81. The first kappa shape index (κ1) is 10.4. The summed E-state index contributed by atoms with van der Waals surface area (Å²) in [6.07, 6.45) is 0. The van der Waals surface area contributed by atoms with Gasteiger partial charge in [0.2, 0.25) is 0 Å². The van der Waals surface area contributed by atoms with E-state index in [9.17, 15) is 0 Å². The van der Waals surface area contributed by atoms with Crippen LogP contribution in [0.3, 0.4) is 0 Å². The number of nitrogens with two attached hydrogens (primary N) is 1. The van der Waals surface area contributed by atoms with Crippen LogP contribution in [0.2, 0.25) is 0 Å². The molecular weight excluding hydrogens is 162 g/mol. The number of rotatable bonds is 2. The SMILES string of the molecule is CC(C)N1C(N)=NCC1(C)C(C)C. The summed E-state index contributed by atoms with van der Waals surface area (Å²) in [4.78, 5) is 6.57. The van der Waals surface area contributed by atoms with E-state index in [-0.39, 0.29) is 5.54 Å². The van der Waals surface area contributed by atoms with Gasteiger partial charge < -0.3 is 10.6 Å². The Morgan fingerprint density at radius 1 is 1.38 bits per heavy atom. The number of nitrogens with zero attached hydrogens (tertiary/aromatic N) is 2. The Labute approximate surface area is 81.0 Å². The Bertz CT molecular complexity index is 220. The average Bonchev–Trinajstić information content (AvgIpc) is 2.28. The molecule has 0 amide bonds. The third kappa shape index (κ3) is 1.52. The van der Waals surface area contributed by atoms with Crippen LogP contribution in [0.1, 0.15) is 34.6 Å². The molecule has 0 radical (unpaired) electrons. The van der Waals surface area contributed by atoms with Crippen LogP contribution < -0.4 is 5.73 Å². The van der Waals surface area contributed by atoms with Crippen molar-refractivity contribution in [1.82, 2.24) is 4.90 Å². The smallest absolute Gasteiger partial charge is 0.192 e. The van der Waals surface area contributed by atoms with E-state index in [0.29, 0.717) is 17.9 Å². The molecule has 0 bridgehead atoms. The molecule has 0 aromatic rings. The van der Waals surface area contributed by atoms with Gasteiger partial charge in [-0.3, -0.25) is 4.99 Å². The van der Waals surface area contributed by atoms with Gasteiger partial charge in [-0.2, -0.15) is 0 Å². The third-order valence-electron chi connectivity index (χ3n) is 3.12. The van der Waals surface area contributed by atoms with Gasteiger partial charge in [0.15, 0.2) is 5.96 Å². The molecule has 1 rings (SSSR count). The third-order valence-corrected chi connectivity index (χ3v) is 3.12. The molecule has 0 saturated carbocycles. The predicted molar refractivity (Wildman–Crippen MR) is 56.7 cm³/mol. The van der Waals surface area contributed by atoms with Crippen molar-refractivity contribution in [3.8, 4) is 0 Å². The first-order valence-electron chi connectivity index (χ1n) is 4.99. The number of hydrogen-bond donors (Lipinski definition) is 1. The van der Waals surface area contributed by atoms with Crippen molar-refractivity contribution < 1.29 is 0 Å². The molecule has 2 N–H and O–H groups in total. The normalized spacial score (nSPS) is 28.8. The zero-order valence-electron chi connectivity index (χ0n) is 9.33. The molecule has 1 heterocycles. The highest BCUT2D eigenvalue weighted by Gasteiger charge is 2.41. The maximum Gasteiger partial charge on any atom is 0.192 e. The molecule has 1 atom stereocenters. The van der Waals surface area contributed by atoms with Crippen LogP contribution in [0.25, 0.3) is 0 Å². The van der Waals surface area contributed by atoms with E-state index in [0.717, 1.165) is 6.54 Å².